The van der Waals surface area contributed by atoms with Gasteiger partial charge in [0.2, 0.25) is 0 Å². The molecule has 1 aromatic heterocycles. The molecule has 0 aliphatic carbocycles. The van der Waals surface area contributed by atoms with Crippen LogP contribution in [-0.4, -0.2) is 30.6 Å². The summed E-state index contributed by atoms with van der Waals surface area (Å²) in [6, 6.07) is 3.75. The topological polar surface area (TPSA) is 42.7 Å². The van der Waals surface area contributed by atoms with Crippen LogP contribution < -0.4 is 0 Å². The van der Waals surface area contributed by atoms with Crippen molar-refractivity contribution in [1.29, 1.82) is 0 Å². The van der Waals surface area contributed by atoms with Crippen molar-refractivity contribution in [2.45, 2.75) is 19.9 Å². The molecule has 0 bridgehead atoms. The van der Waals surface area contributed by atoms with Gasteiger partial charge in [-0.05, 0) is 37.1 Å². The largest absolute Gasteiger partial charge is 0.463 e. The summed E-state index contributed by atoms with van der Waals surface area (Å²) in [5, 5.41) is 1.82. The Kier molecular flexibility index (Phi) is 5.07. The zero-order chi connectivity index (χ0) is 17.1. The van der Waals surface area contributed by atoms with Crippen molar-refractivity contribution < 1.29 is 13.9 Å². The van der Waals surface area contributed by atoms with E-state index < -0.39 is 0 Å². The van der Waals surface area contributed by atoms with Crippen LogP contribution in [0.4, 0.5) is 0 Å². The lowest BCUT2D eigenvalue weighted by Gasteiger charge is -2.17. The third kappa shape index (κ3) is 3.25. The molecular formula is C19H20ClNO3. The predicted molar refractivity (Wildman–Crippen MR) is 96.1 cm³/mol. The Hall–Kier alpha value is -2.04. The number of benzene rings is 1. The lowest BCUT2D eigenvalue weighted by Crippen LogP contribution is -2.24. The van der Waals surface area contributed by atoms with E-state index >= 15 is 0 Å². The fraction of sp³-hybridized carbons (Fsp3) is 0.316. The van der Waals surface area contributed by atoms with Crippen molar-refractivity contribution >= 4 is 34.6 Å². The first kappa shape index (κ1) is 16.8. The molecule has 4 nitrogen and oxygen atoms in total. The van der Waals surface area contributed by atoms with Gasteiger partial charge in [0.15, 0.2) is 0 Å². The van der Waals surface area contributed by atoms with Crippen LogP contribution in [0.25, 0.3) is 17.0 Å². The van der Waals surface area contributed by atoms with Crippen molar-refractivity contribution in [3.63, 3.8) is 0 Å². The second kappa shape index (κ2) is 7.24. The molecule has 0 radical (unpaired) electrons. The van der Waals surface area contributed by atoms with E-state index in [0.717, 1.165) is 53.2 Å². The fourth-order valence-corrected chi connectivity index (χ4v) is 3.35. The number of rotatable bonds is 5. The average Bonchev–Trinajstić information content (AvgIpc) is 2.77. The summed E-state index contributed by atoms with van der Waals surface area (Å²) in [6.45, 7) is 8.38. The Balaban J connectivity index is 2.07. The standard InChI is InChI=1S/C19H20ClNO3/c1-3-10-21-11-9-13-15(20)5-6-17-19(13)14(12-21)16(24-17)7-8-18(22)23-4-2/h3,5-8H,1,4,9-12H2,2H3/b8-7+. The summed E-state index contributed by atoms with van der Waals surface area (Å²) in [7, 11) is 0. The van der Waals surface area contributed by atoms with Crippen molar-refractivity contribution in [2.75, 3.05) is 19.7 Å². The highest BCUT2D eigenvalue weighted by Crippen LogP contribution is 2.36. The maximum atomic E-state index is 11.6. The van der Waals surface area contributed by atoms with E-state index in [9.17, 15) is 4.79 Å². The van der Waals surface area contributed by atoms with Crippen LogP contribution in [0.3, 0.4) is 0 Å². The molecule has 3 rings (SSSR count). The highest BCUT2D eigenvalue weighted by Gasteiger charge is 2.23. The maximum absolute atomic E-state index is 11.6. The van der Waals surface area contributed by atoms with Crippen LogP contribution in [0, 0.1) is 0 Å². The summed E-state index contributed by atoms with van der Waals surface area (Å²) in [5.41, 5.74) is 2.96. The third-order valence-corrected chi connectivity index (χ3v) is 4.50. The van der Waals surface area contributed by atoms with E-state index in [1.165, 1.54) is 6.08 Å². The number of carbonyl (C=O) groups is 1. The van der Waals surface area contributed by atoms with Gasteiger partial charge in [-0.2, -0.15) is 0 Å². The Labute approximate surface area is 146 Å². The fourth-order valence-electron chi connectivity index (χ4n) is 3.10. The molecule has 0 N–H and O–H groups in total. The minimum absolute atomic E-state index is 0.350. The van der Waals surface area contributed by atoms with Gasteiger partial charge in [0.1, 0.15) is 11.3 Å². The van der Waals surface area contributed by atoms with Crippen molar-refractivity contribution in [3.05, 3.63) is 52.8 Å². The molecule has 0 saturated carbocycles. The SMILES string of the molecule is C=CCN1CCc2c(Cl)ccc3oc(/C=C/C(=O)OCC)c(c23)C1. The van der Waals surface area contributed by atoms with Gasteiger partial charge in [0, 0.05) is 41.7 Å². The van der Waals surface area contributed by atoms with Gasteiger partial charge in [0.25, 0.3) is 0 Å². The maximum Gasteiger partial charge on any atom is 0.330 e. The molecule has 0 saturated heterocycles. The van der Waals surface area contributed by atoms with Gasteiger partial charge in [-0.15, -0.1) is 6.58 Å². The van der Waals surface area contributed by atoms with E-state index in [0.29, 0.717) is 12.4 Å². The second-order valence-corrected chi connectivity index (χ2v) is 6.11. The first-order chi connectivity index (χ1) is 11.6. The van der Waals surface area contributed by atoms with Crippen LogP contribution in [0.2, 0.25) is 5.02 Å². The normalized spacial score (nSPS) is 14.9. The molecule has 0 atom stereocenters. The first-order valence-electron chi connectivity index (χ1n) is 8.04. The minimum atomic E-state index is -0.375. The molecule has 24 heavy (non-hydrogen) atoms. The van der Waals surface area contributed by atoms with Crippen molar-refractivity contribution in [3.8, 4) is 0 Å². The number of ether oxygens (including phenoxy) is 1. The second-order valence-electron chi connectivity index (χ2n) is 5.70. The van der Waals surface area contributed by atoms with Gasteiger partial charge in [-0.3, -0.25) is 4.90 Å². The molecular weight excluding hydrogens is 326 g/mol. The molecule has 2 aromatic rings. The van der Waals surface area contributed by atoms with Crippen molar-refractivity contribution in [1.82, 2.24) is 4.90 Å². The predicted octanol–water partition coefficient (Wildman–Crippen LogP) is 4.21. The smallest absolute Gasteiger partial charge is 0.330 e. The minimum Gasteiger partial charge on any atom is -0.463 e. The molecule has 1 aromatic carbocycles. The lowest BCUT2D eigenvalue weighted by atomic mass is 10.0. The third-order valence-electron chi connectivity index (χ3n) is 4.14. The summed E-state index contributed by atoms with van der Waals surface area (Å²) in [4.78, 5) is 13.9. The van der Waals surface area contributed by atoms with Gasteiger partial charge in [-0.25, -0.2) is 4.79 Å². The van der Waals surface area contributed by atoms with Crippen LogP contribution in [0.15, 0.2) is 35.3 Å². The summed E-state index contributed by atoms with van der Waals surface area (Å²) < 4.78 is 10.9. The van der Waals surface area contributed by atoms with Crippen LogP contribution in [-0.2, 0) is 22.5 Å². The Morgan fingerprint density at radius 3 is 3.04 bits per heavy atom. The molecule has 126 valence electrons. The molecule has 2 heterocycles. The number of nitrogens with zero attached hydrogens (tertiary/aromatic N) is 1. The van der Waals surface area contributed by atoms with Crippen molar-refractivity contribution in [2.24, 2.45) is 0 Å². The number of furan rings is 1. The van der Waals surface area contributed by atoms with E-state index in [2.05, 4.69) is 11.5 Å². The molecule has 1 aliphatic heterocycles. The highest BCUT2D eigenvalue weighted by molar-refractivity contribution is 6.32. The first-order valence-corrected chi connectivity index (χ1v) is 8.42. The number of esters is 1. The van der Waals surface area contributed by atoms with Gasteiger partial charge in [-0.1, -0.05) is 17.7 Å². The number of halogens is 1. The zero-order valence-corrected chi connectivity index (χ0v) is 14.4. The molecule has 1 aliphatic rings. The van der Waals surface area contributed by atoms with Gasteiger partial charge in [0.05, 0.1) is 6.61 Å². The van der Waals surface area contributed by atoms with Gasteiger partial charge >= 0.3 is 5.97 Å². The Morgan fingerprint density at radius 2 is 2.29 bits per heavy atom. The van der Waals surface area contributed by atoms with E-state index in [4.69, 9.17) is 20.8 Å². The summed E-state index contributed by atoms with van der Waals surface area (Å²) in [6.07, 6.45) is 5.84. The average molecular weight is 346 g/mol. The molecule has 0 amide bonds. The molecule has 0 unspecified atom stereocenters. The van der Waals surface area contributed by atoms with Crippen LogP contribution in [0.1, 0.15) is 23.8 Å². The summed E-state index contributed by atoms with van der Waals surface area (Å²) >= 11 is 6.41. The number of carbonyl (C=O) groups excluding carboxylic acids is 1. The highest BCUT2D eigenvalue weighted by atomic mass is 35.5. The van der Waals surface area contributed by atoms with Crippen LogP contribution in [0.5, 0.6) is 0 Å². The number of hydrogen-bond acceptors (Lipinski definition) is 4. The summed E-state index contributed by atoms with van der Waals surface area (Å²) in [5.74, 6) is 0.303. The van der Waals surface area contributed by atoms with E-state index in [-0.39, 0.29) is 5.97 Å². The Morgan fingerprint density at radius 1 is 1.46 bits per heavy atom. The Bertz CT molecular complexity index is 807. The number of hydrogen-bond donors (Lipinski definition) is 0. The van der Waals surface area contributed by atoms with E-state index in [1.54, 1.807) is 13.0 Å². The lowest BCUT2D eigenvalue weighted by molar-refractivity contribution is -0.137. The zero-order valence-electron chi connectivity index (χ0n) is 13.7. The van der Waals surface area contributed by atoms with Crippen LogP contribution >= 0.6 is 11.6 Å². The molecule has 0 spiro atoms. The molecule has 0 fully saturated rings. The van der Waals surface area contributed by atoms with Gasteiger partial charge < -0.3 is 9.15 Å². The quantitative estimate of drug-likeness (QED) is 0.462. The monoisotopic (exact) mass is 345 g/mol. The van der Waals surface area contributed by atoms with E-state index in [1.807, 2.05) is 18.2 Å². The molecule has 5 heteroatoms.